The number of unbranched alkanes of at least 4 members (excludes halogenated alkanes) is 10. The summed E-state index contributed by atoms with van der Waals surface area (Å²) >= 11 is 3.40. The molecule has 0 bridgehead atoms. The molecular weight excluding hydrogens is 376 g/mol. The minimum atomic E-state index is -0.135. The Bertz CT molecular complexity index is 326. The first-order valence-corrected chi connectivity index (χ1v) is 11.8. The van der Waals surface area contributed by atoms with Crippen LogP contribution in [0.1, 0.15) is 110 Å². The van der Waals surface area contributed by atoms with E-state index < -0.39 is 0 Å². The standard InChI is InChI=1S/C22H41BrO2/c1-3-5-7-9-11-13-17-21(16-12-10-8-6-4-2)20-22(24)25-19-15-14-18-23/h20H,3-19H2,1-2H3/b21-20-. The molecule has 0 amide bonds. The molecule has 0 saturated carbocycles. The largest absolute Gasteiger partial charge is 0.463 e. The van der Waals surface area contributed by atoms with Gasteiger partial charge in [0.05, 0.1) is 6.61 Å². The first-order chi connectivity index (χ1) is 12.2. The quantitative estimate of drug-likeness (QED) is 0.0986. The van der Waals surface area contributed by atoms with Crippen LogP contribution in [-0.2, 0) is 9.53 Å². The van der Waals surface area contributed by atoms with Crippen LogP contribution in [0.3, 0.4) is 0 Å². The zero-order valence-corrected chi connectivity index (χ0v) is 18.4. The lowest BCUT2D eigenvalue weighted by Crippen LogP contribution is -2.04. The fourth-order valence-electron chi connectivity index (χ4n) is 2.93. The lowest BCUT2D eigenvalue weighted by atomic mass is 9.99. The highest BCUT2D eigenvalue weighted by Gasteiger charge is 2.04. The second-order valence-corrected chi connectivity index (χ2v) is 7.84. The zero-order chi connectivity index (χ0) is 18.6. The molecule has 0 aliphatic carbocycles. The molecule has 0 unspecified atom stereocenters. The van der Waals surface area contributed by atoms with Gasteiger partial charge in [-0.25, -0.2) is 4.79 Å². The molecule has 0 N–H and O–H groups in total. The van der Waals surface area contributed by atoms with Crippen molar-refractivity contribution in [3.8, 4) is 0 Å². The number of halogens is 1. The third-order valence-corrected chi connectivity index (χ3v) is 5.11. The van der Waals surface area contributed by atoms with E-state index in [0.717, 1.165) is 31.0 Å². The number of hydrogen-bond donors (Lipinski definition) is 0. The second kappa shape index (κ2) is 20.0. The third-order valence-electron chi connectivity index (χ3n) is 4.55. The fourth-order valence-corrected chi connectivity index (χ4v) is 3.33. The Morgan fingerprint density at radius 1 is 0.760 bits per heavy atom. The first kappa shape index (κ1) is 24.7. The SMILES string of the molecule is CCCCCCCC/C(=C\C(=O)OCCCCBr)CCCCCCC. The Morgan fingerprint density at radius 2 is 1.28 bits per heavy atom. The highest BCUT2D eigenvalue weighted by molar-refractivity contribution is 9.09. The molecule has 0 aliphatic rings. The summed E-state index contributed by atoms with van der Waals surface area (Å²) in [6.07, 6.45) is 20.1. The number of esters is 1. The Balaban J connectivity index is 4.15. The van der Waals surface area contributed by atoms with Gasteiger partial charge < -0.3 is 4.74 Å². The van der Waals surface area contributed by atoms with E-state index in [9.17, 15) is 4.79 Å². The van der Waals surface area contributed by atoms with E-state index in [1.54, 1.807) is 6.08 Å². The number of alkyl halides is 1. The molecule has 0 rings (SSSR count). The van der Waals surface area contributed by atoms with E-state index in [1.165, 1.54) is 76.2 Å². The van der Waals surface area contributed by atoms with Crippen molar-refractivity contribution in [1.29, 1.82) is 0 Å². The van der Waals surface area contributed by atoms with Gasteiger partial charge >= 0.3 is 5.97 Å². The summed E-state index contributed by atoms with van der Waals surface area (Å²) in [6, 6.07) is 0. The minimum Gasteiger partial charge on any atom is -0.463 e. The number of carbonyl (C=O) groups excluding carboxylic acids is 1. The van der Waals surface area contributed by atoms with Crippen molar-refractivity contribution in [2.75, 3.05) is 11.9 Å². The van der Waals surface area contributed by atoms with Gasteiger partial charge in [0, 0.05) is 11.4 Å². The summed E-state index contributed by atoms with van der Waals surface area (Å²) in [5, 5.41) is 0.974. The maximum absolute atomic E-state index is 12.0. The summed E-state index contributed by atoms with van der Waals surface area (Å²) in [4.78, 5) is 12.0. The molecule has 0 aliphatic heterocycles. The van der Waals surface area contributed by atoms with Crippen molar-refractivity contribution in [2.24, 2.45) is 0 Å². The molecule has 0 aromatic carbocycles. The van der Waals surface area contributed by atoms with Gasteiger partial charge in [0.1, 0.15) is 0 Å². The summed E-state index contributed by atoms with van der Waals surface area (Å²) in [5.74, 6) is -0.135. The summed E-state index contributed by atoms with van der Waals surface area (Å²) in [7, 11) is 0. The van der Waals surface area contributed by atoms with E-state index in [-0.39, 0.29) is 5.97 Å². The molecule has 3 heteroatoms. The van der Waals surface area contributed by atoms with Gasteiger partial charge in [-0.05, 0) is 38.5 Å². The van der Waals surface area contributed by atoms with Crippen molar-refractivity contribution in [1.82, 2.24) is 0 Å². The van der Waals surface area contributed by atoms with Gasteiger partial charge in [-0.3, -0.25) is 0 Å². The summed E-state index contributed by atoms with van der Waals surface area (Å²) < 4.78 is 5.34. The highest BCUT2D eigenvalue weighted by Crippen LogP contribution is 2.18. The molecule has 2 nitrogen and oxygen atoms in total. The van der Waals surface area contributed by atoms with Gasteiger partial charge in [0.15, 0.2) is 0 Å². The van der Waals surface area contributed by atoms with Gasteiger partial charge in [0.25, 0.3) is 0 Å². The normalized spacial score (nSPS) is 11.7. The van der Waals surface area contributed by atoms with E-state index >= 15 is 0 Å². The molecule has 0 aromatic heterocycles. The molecule has 0 saturated heterocycles. The Hall–Kier alpha value is -0.310. The second-order valence-electron chi connectivity index (χ2n) is 7.05. The van der Waals surface area contributed by atoms with Crippen LogP contribution in [0.25, 0.3) is 0 Å². The van der Waals surface area contributed by atoms with E-state index in [0.29, 0.717) is 6.61 Å². The van der Waals surface area contributed by atoms with E-state index in [1.807, 2.05) is 0 Å². The van der Waals surface area contributed by atoms with Crippen molar-refractivity contribution in [2.45, 2.75) is 110 Å². The van der Waals surface area contributed by atoms with Crippen molar-refractivity contribution in [3.05, 3.63) is 11.6 Å². The van der Waals surface area contributed by atoms with Crippen molar-refractivity contribution in [3.63, 3.8) is 0 Å². The highest BCUT2D eigenvalue weighted by atomic mass is 79.9. The summed E-state index contributed by atoms with van der Waals surface area (Å²) in [6.45, 7) is 5.04. The number of allylic oxidation sites excluding steroid dienone is 1. The van der Waals surface area contributed by atoms with Gasteiger partial charge in [-0.1, -0.05) is 93.1 Å². The molecular formula is C22H41BrO2. The molecule has 0 radical (unpaired) electrons. The van der Waals surface area contributed by atoms with Crippen LogP contribution in [0.15, 0.2) is 11.6 Å². The monoisotopic (exact) mass is 416 g/mol. The van der Waals surface area contributed by atoms with E-state index in [2.05, 4.69) is 29.8 Å². The Kier molecular flexibility index (Phi) is 19.8. The van der Waals surface area contributed by atoms with Crippen LogP contribution < -0.4 is 0 Å². The third kappa shape index (κ3) is 18.3. The predicted molar refractivity (Wildman–Crippen MR) is 113 cm³/mol. The molecule has 0 fully saturated rings. The molecule has 25 heavy (non-hydrogen) atoms. The molecule has 0 heterocycles. The first-order valence-electron chi connectivity index (χ1n) is 10.7. The molecule has 0 atom stereocenters. The lowest BCUT2D eigenvalue weighted by Gasteiger charge is -2.09. The molecule has 148 valence electrons. The zero-order valence-electron chi connectivity index (χ0n) is 16.8. The number of hydrogen-bond acceptors (Lipinski definition) is 2. The number of ether oxygens (including phenoxy) is 1. The van der Waals surface area contributed by atoms with Crippen LogP contribution in [-0.4, -0.2) is 17.9 Å². The maximum atomic E-state index is 12.0. The summed E-state index contributed by atoms with van der Waals surface area (Å²) in [5.41, 5.74) is 1.30. The van der Waals surface area contributed by atoms with Crippen molar-refractivity contribution >= 4 is 21.9 Å². The van der Waals surface area contributed by atoms with E-state index in [4.69, 9.17) is 4.74 Å². The van der Waals surface area contributed by atoms with Gasteiger partial charge in [-0.15, -0.1) is 0 Å². The average molecular weight is 417 g/mol. The fraction of sp³-hybridized carbons (Fsp3) is 0.864. The van der Waals surface area contributed by atoms with Crippen LogP contribution in [0.5, 0.6) is 0 Å². The van der Waals surface area contributed by atoms with Crippen LogP contribution >= 0.6 is 15.9 Å². The van der Waals surface area contributed by atoms with Crippen LogP contribution in [0.2, 0.25) is 0 Å². The van der Waals surface area contributed by atoms with Crippen LogP contribution in [0.4, 0.5) is 0 Å². The topological polar surface area (TPSA) is 26.3 Å². The van der Waals surface area contributed by atoms with Gasteiger partial charge in [-0.2, -0.15) is 0 Å². The Morgan fingerprint density at radius 3 is 1.80 bits per heavy atom. The van der Waals surface area contributed by atoms with Gasteiger partial charge in [0.2, 0.25) is 0 Å². The smallest absolute Gasteiger partial charge is 0.330 e. The average Bonchev–Trinajstić information content (AvgIpc) is 2.61. The predicted octanol–water partition coefficient (Wildman–Crippen LogP) is 7.74. The molecule has 0 spiro atoms. The number of carbonyl (C=O) groups is 1. The Labute approximate surface area is 165 Å². The van der Waals surface area contributed by atoms with Crippen LogP contribution in [0, 0.1) is 0 Å². The maximum Gasteiger partial charge on any atom is 0.330 e. The lowest BCUT2D eigenvalue weighted by molar-refractivity contribution is -0.137. The molecule has 0 aromatic rings. The van der Waals surface area contributed by atoms with Crippen molar-refractivity contribution < 1.29 is 9.53 Å². The number of rotatable bonds is 18. The minimum absolute atomic E-state index is 0.135.